The Hall–Kier alpha value is -2.15. The molecule has 0 unspecified atom stereocenters. The lowest BCUT2D eigenvalue weighted by Gasteiger charge is -2.58. The maximum absolute atomic E-state index is 12.1. The van der Waals surface area contributed by atoms with Gasteiger partial charge in [-0.15, -0.1) is 0 Å². The molecule has 7 heteroatoms. The predicted octanol–water partition coefficient (Wildman–Crippen LogP) is 2.63. The summed E-state index contributed by atoms with van der Waals surface area (Å²) in [6.45, 7) is 5.59. The van der Waals surface area contributed by atoms with Crippen molar-refractivity contribution in [2.45, 2.75) is 59.0 Å². The van der Waals surface area contributed by atoms with Crippen LogP contribution in [-0.2, 0) is 23.9 Å². The molecular formula is C22H30O7. The highest BCUT2D eigenvalue weighted by atomic mass is 16.5. The van der Waals surface area contributed by atoms with Crippen molar-refractivity contribution in [1.82, 2.24) is 0 Å². The van der Waals surface area contributed by atoms with Crippen LogP contribution >= 0.6 is 0 Å². The number of aliphatic hydroxyl groups is 1. The number of carbonyl (C=O) groups is 3. The molecule has 0 aromatic rings. The Morgan fingerprint density at radius 3 is 2.66 bits per heavy atom. The number of aliphatic carboxylic acids is 1. The molecule has 0 spiro atoms. The van der Waals surface area contributed by atoms with Crippen molar-refractivity contribution in [3.05, 3.63) is 23.3 Å². The van der Waals surface area contributed by atoms with E-state index in [1.807, 2.05) is 0 Å². The quantitative estimate of drug-likeness (QED) is 0.653. The predicted molar refractivity (Wildman–Crippen MR) is 104 cm³/mol. The Labute approximate surface area is 170 Å². The second kappa shape index (κ2) is 7.94. The minimum absolute atomic E-state index is 0.139. The average molecular weight is 406 g/mol. The van der Waals surface area contributed by atoms with Crippen LogP contribution in [0.5, 0.6) is 0 Å². The number of fused-ring (bicyclic) bond motifs is 1. The second-order valence-corrected chi connectivity index (χ2v) is 8.91. The summed E-state index contributed by atoms with van der Waals surface area (Å²) >= 11 is 0. The molecule has 2 aliphatic carbocycles. The van der Waals surface area contributed by atoms with Crippen LogP contribution in [0.1, 0.15) is 52.9 Å². The number of ether oxygens (including phenoxy) is 2. The molecule has 1 fully saturated rings. The molecule has 160 valence electrons. The van der Waals surface area contributed by atoms with E-state index in [0.717, 1.165) is 6.42 Å². The Morgan fingerprint density at radius 1 is 1.38 bits per heavy atom. The molecule has 29 heavy (non-hydrogen) atoms. The van der Waals surface area contributed by atoms with Crippen LogP contribution in [0.3, 0.4) is 0 Å². The van der Waals surface area contributed by atoms with Gasteiger partial charge in [-0.1, -0.05) is 13.8 Å². The van der Waals surface area contributed by atoms with Crippen LogP contribution in [-0.4, -0.2) is 47.4 Å². The molecule has 5 atom stereocenters. The first-order valence-electron chi connectivity index (χ1n) is 10.2. The normalized spacial score (nSPS) is 36.6. The van der Waals surface area contributed by atoms with Crippen LogP contribution in [0, 0.1) is 22.7 Å². The molecule has 0 aromatic heterocycles. The SMILES string of the molecule is CC(=O)O[C@@H]1C=C(C(=O)O)[C@]2(CO)CC[C@H](C)[C@](C)(CCC3=CCOC3=O)[C@H]2C1. The first kappa shape index (κ1) is 21.6. The lowest BCUT2D eigenvalue weighted by Crippen LogP contribution is -2.56. The van der Waals surface area contributed by atoms with Gasteiger partial charge in [0.1, 0.15) is 12.7 Å². The number of aliphatic hydroxyl groups excluding tert-OH is 1. The zero-order valence-corrected chi connectivity index (χ0v) is 17.3. The summed E-state index contributed by atoms with van der Waals surface area (Å²) in [6, 6.07) is 0. The molecular weight excluding hydrogens is 376 g/mol. The van der Waals surface area contributed by atoms with Gasteiger partial charge in [0.25, 0.3) is 0 Å². The maximum Gasteiger partial charge on any atom is 0.334 e. The van der Waals surface area contributed by atoms with Gasteiger partial charge in [0.2, 0.25) is 0 Å². The number of carbonyl (C=O) groups excluding carboxylic acids is 2. The van der Waals surface area contributed by atoms with Crippen molar-refractivity contribution < 1.29 is 34.1 Å². The Kier molecular flexibility index (Phi) is 5.90. The van der Waals surface area contributed by atoms with Gasteiger partial charge in [0.15, 0.2) is 0 Å². The van der Waals surface area contributed by atoms with E-state index in [4.69, 9.17) is 9.47 Å². The first-order chi connectivity index (χ1) is 13.6. The molecule has 1 aliphatic heterocycles. The molecule has 3 aliphatic rings. The third-order valence-corrected chi connectivity index (χ3v) is 7.54. The van der Waals surface area contributed by atoms with Crippen molar-refractivity contribution >= 4 is 17.9 Å². The van der Waals surface area contributed by atoms with Gasteiger partial charge >= 0.3 is 17.9 Å². The highest BCUT2D eigenvalue weighted by molar-refractivity contribution is 5.90. The molecule has 0 aromatic carbocycles. The van der Waals surface area contributed by atoms with E-state index < -0.39 is 23.5 Å². The summed E-state index contributed by atoms with van der Waals surface area (Å²) in [5, 5.41) is 20.3. The van der Waals surface area contributed by atoms with Crippen LogP contribution < -0.4 is 0 Å². The van der Waals surface area contributed by atoms with E-state index in [0.29, 0.717) is 37.9 Å². The van der Waals surface area contributed by atoms with Gasteiger partial charge in [0, 0.05) is 23.5 Å². The van der Waals surface area contributed by atoms with Crippen molar-refractivity contribution in [2.75, 3.05) is 13.2 Å². The highest BCUT2D eigenvalue weighted by Gasteiger charge is 2.59. The Bertz CT molecular complexity index is 767. The highest BCUT2D eigenvalue weighted by Crippen LogP contribution is 2.62. The average Bonchev–Trinajstić information content (AvgIpc) is 3.07. The fraction of sp³-hybridized carbons (Fsp3) is 0.682. The molecule has 1 heterocycles. The van der Waals surface area contributed by atoms with Gasteiger partial charge in [0.05, 0.1) is 6.61 Å². The number of rotatable bonds is 6. The Morgan fingerprint density at radius 2 is 2.10 bits per heavy atom. The number of carboxylic acids is 1. The number of esters is 2. The number of cyclic esters (lactones) is 1. The van der Waals surface area contributed by atoms with Crippen LogP contribution in [0.25, 0.3) is 0 Å². The van der Waals surface area contributed by atoms with E-state index in [-0.39, 0.29) is 35.4 Å². The van der Waals surface area contributed by atoms with Gasteiger partial charge in [-0.25, -0.2) is 9.59 Å². The second-order valence-electron chi connectivity index (χ2n) is 8.91. The number of hydrogen-bond acceptors (Lipinski definition) is 6. The topological polar surface area (TPSA) is 110 Å². The van der Waals surface area contributed by atoms with Gasteiger partial charge < -0.3 is 19.7 Å². The summed E-state index contributed by atoms with van der Waals surface area (Å²) in [5.74, 6) is -1.77. The fourth-order valence-corrected chi connectivity index (χ4v) is 5.70. The minimum atomic E-state index is -1.08. The monoisotopic (exact) mass is 406 g/mol. The zero-order valence-electron chi connectivity index (χ0n) is 17.3. The zero-order chi connectivity index (χ0) is 21.4. The molecule has 0 bridgehead atoms. The molecule has 2 N–H and O–H groups in total. The van der Waals surface area contributed by atoms with Crippen molar-refractivity contribution in [2.24, 2.45) is 22.7 Å². The minimum Gasteiger partial charge on any atom is -0.478 e. The molecule has 1 saturated carbocycles. The number of hydrogen-bond donors (Lipinski definition) is 2. The molecule has 0 amide bonds. The summed E-state index contributed by atoms with van der Waals surface area (Å²) in [4.78, 5) is 35.5. The summed E-state index contributed by atoms with van der Waals surface area (Å²) < 4.78 is 10.4. The lowest BCUT2D eigenvalue weighted by atomic mass is 9.46. The molecule has 7 nitrogen and oxygen atoms in total. The van der Waals surface area contributed by atoms with E-state index in [2.05, 4.69) is 13.8 Å². The van der Waals surface area contributed by atoms with Crippen molar-refractivity contribution in [3.8, 4) is 0 Å². The van der Waals surface area contributed by atoms with Crippen LogP contribution in [0.4, 0.5) is 0 Å². The summed E-state index contributed by atoms with van der Waals surface area (Å²) in [7, 11) is 0. The smallest absolute Gasteiger partial charge is 0.334 e. The maximum atomic E-state index is 12.1. The standard InChI is InChI=1S/C22H30O7/c1-13-4-8-22(12-23)17(19(25)26)10-16(29-14(2)24)11-18(22)21(13,3)7-5-15-6-9-28-20(15)27/h6,10,13,16,18,23H,4-5,7-9,11-12H2,1-3H3,(H,25,26)/t13-,16+,18+,21-,22+/m0/s1. The summed E-state index contributed by atoms with van der Waals surface area (Å²) in [5.41, 5.74) is -0.424. The van der Waals surface area contributed by atoms with Crippen molar-refractivity contribution in [3.63, 3.8) is 0 Å². The molecule has 0 saturated heterocycles. The Balaban J connectivity index is 1.99. The number of carboxylic acid groups (broad SMARTS) is 1. The van der Waals surface area contributed by atoms with Crippen molar-refractivity contribution in [1.29, 1.82) is 0 Å². The van der Waals surface area contributed by atoms with E-state index in [1.165, 1.54) is 13.0 Å². The summed E-state index contributed by atoms with van der Waals surface area (Å²) in [6.07, 6.45) is 5.68. The molecule has 0 radical (unpaired) electrons. The first-order valence-corrected chi connectivity index (χ1v) is 10.2. The lowest BCUT2D eigenvalue weighted by molar-refractivity contribution is -0.154. The van der Waals surface area contributed by atoms with Gasteiger partial charge in [-0.05, 0) is 61.5 Å². The van der Waals surface area contributed by atoms with Crippen LogP contribution in [0.2, 0.25) is 0 Å². The van der Waals surface area contributed by atoms with E-state index in [1.54, 1.807) is 6.08 Å². The van der Waals surface area contributed by atoms with E-state index >= 15 is 0 Å². The molecule has 3 rings (SSSR count). The third-order valence-electron chi connectivity index (χ3n) is 7.54. The van der Waals surface area contributed by atoms with Gasteiger partial charge in [-0.2, -0.15) is 0 Å². The van der Waals surface area contributed by atoms with Gasteiger partial charge in [-0.3, -0.25) is 4.79 Å². The van der Waals surface area contributed by atoms with E-state index in [9.17, 15) is 24.6 Å². The largest absolute Gasteiger partial charge is 0.478 e. The van der Waals surface area contributed by atoms with Crippen LogP contribution in [0.15, 0.2) is 23.3 Å². The fourth-order valence-electron chi connectivity index (χ4n) is 5.70. The third kappa shape index (κ3) is 3.72.